The van der Waals surface area contributed by atoms with Gasteiger partial charge in [-0.2, -0.15) is 0 Å². The maximum atomic E-state index is 2.45. The van der Waals surface area contributed by atoms with E-state index in [2.05, 4.69) is 202 Å². The van der Waals surface area contributed by atoms with Crippen molar-refractivity contribution >= 4 is 82.4 Å². The summed E-state index contributed by atoms with van der Waals surface area (Å²) < 4.78 is 7.18. The summed E-state index contributed by atoms with van der Waals surface area (Å²) in [7, 11) is 0. The number of hydrogen-bond donors (Lipinski definition) is 0. The lowest BCUT2D eigenvalue weighted by molar-refractivity contribution is 0.899. The highest BCUT2D eigenvalue weighted by Gasteiger charge is 2.16. The van der Waals surface area contributed by atoms with E-state index in [4.69, 9.17) is 0 Å². The number of aromatic nitrogens is 3. The molecule has 0 aliphatic rings. The zero-order chi connectivity index (χ0) is 34.2. The Labute approximate surface area is 300 Å². The Balaban J connectivity index is 1.02. The Kier molecular flexibility index (Phi) is 6.31. The summed E-state index contributed by atoms with van der Waals surface area (Å²) in [6.45, 7) is 0.760. The van der Waals surface area contributed by atoms with Gasteiger partial charge in [0, 0.05) is 61.8 Å². The zero-order valence-electron chi connectivity index (χ0n) is 28.4. The third-order valence-electron chi connectivity index (χ3n) is 10.9. The predicted molar refractivity (Wildman–Crippen MR) is 221 cm³/mol. The third kappa shape index (κ3) is 4.26. The van der Waals surface area contributed by atoms with Crippen molar-refractivity contribution in [3.63, 3.8) is 0 Å². The summed E-state index contributed by atoms with van der Waals surface area (Å²) in [5, 5.41) is 10.2. The van der Waals surface area contributed by atoms with Crippen LogP contribution in [0.4, 0.5) is 0 Å². The molecule has 0 atom stereocenters. The predicted octanol–water partition coefficient (Wildman–Crippen LogP) is 13.0. The fourth-order valence-electron chi connectivity index (χ4n) is 8.62. The average molecular weight is 664 g/mol. The molecule has 0 unspecified atom stereocenters. The minimum Gasteiger partial charge on any atom is -0.337 e. The van der Waals surface area contributed by atoms with Crippen LogP contribution in [0.1, 0.15) is 0 Å². The lowest BCUT2D eigenvalue weighted by Crippen LogP contribution is -1.95. The largest absolute Gasteiger partial charge is 0.337 e. The molecule has 3 nitrogen and oxygen atoms in total. The number of allylic oxidation sites excluding steroid dienone is 1. The van der Waals surface area contributed by atoms with E-state index in [9.17, 15) is 0 Å². The van der Waals surface area contributed by atoms with Gasteiger partial charge >= 0.3 is 0 Å². The molecule has 0 aliphatic carbocycles. The van der Waals surface area contributed by atoms with E-state index in [1.807, 2.05) is 0 Å². The lowest BCUT2D eigenvalue weighted by Gasteiger charge is -2.09. The van der Waals surface area contributed by atoms with Crippen LogP contribution in [-0.2, 0) is 6.54 Å². The Morgan fingerprint density at radius 3 is 1.71 bits per heavy atom. The minimum absolute atomic E-state index is 0.760. The first kappa shape index (κ1) is 28.9. The van der Waals surface area contributed by atoms with Crippen molar-refractivity contribution in [3.8, 4) is 16.8 Å². The fourth-order valence-corrected chi connectivity index (χ4v) is 8.62. The van der Waals surface area contributed by atoms with Crippen LogP contribution in [0.15, 0.2) is 182 Å². The van der Waals surface area contributed by atoms with Gasteiger partial charge in [-0.15, -0.1) is 0 Å². The maximum absolute atomic E-state index is 2.45. The van der Waals surface area contributed by atoms with E-state index in [-0.39, 0.29) is 0 Å². The molecular formula is C49H33N3. The Bertz CT molecular complexity index is 3210. The van der Waals surface area contributed by atoms with E-state index in [0.29, 0.717) is 0 Å². The second-order valence-electron chi connectivity index (χ2n) is 13.7. The summed E-state index contributed by atoms with van der Waals surface area (Å²) in [6.07, 6.45) is 4.56. The van der Waals surface area contributed by atoms with Crippen molar-refractivity contribution in [1.82, 2.24) is 13.7 Å². The van der Waals surface area contributed by atoms with Crippen LogP contribution in [0.25, 0.3) is 99.2 Å². The number of hydrogen-bond acceptors (Lipinski definition) is 0. The molecule has 0 bridgehead atoms. The fraction of sp³-hybridized carbons (Fsp3) is 0.0204. The van der Waals surface area contributed by atoms with Gasteiger partial charge < -0.3 is 13.7 Å². The molecule has 0 saturated carbocycles. The van der Waals surface area contributed by atoms with Crippen LogP contribution in [-0.4, -0.2) is 13.7 Å². The molecule has 8 aromatic carbocycles. The van der Waals surface area contributed by atoms with Gasteiger partial charge in [0.15, 0.2) is 0 Å². The lowest BCUT2D eigenvalue weighted by atomic mass is 10.0. The monoisotopic (exact) mass is 663 g/mol. The van der Waals surface area contributed by atoms with Crippen molar-refractivity contribution in [2.75, 3.05) is 0 Å². The molecule has 3 heterocycles. The molecule has 0 saturated heterocycles. The molecule has 0 radical (unpaired) electrons. The highest BCUT2D eigenvalue weighted by Crippen LogP contribution is 2.38. The van der Waals surface area contributed by atoms with Crippen molar-refractivity contribution in [3.05, 3.63) is 182 Å². The second-order valence-corrected chi connectivity index (χ2v) is 13.7. The number of benzene rings is 8. The van der Waals surface area contributed by atoms with Crippen molar-refractivity contribution in [1.29, 1.82) is 0 Å². The molecule has 0 fully saturated rings. The summed E-state index contributed by atoms with van der Waals surface area (Å²) in [5.74, 6) is 0. The molecule has 11 aromatic rings. The van der Waals surface area contributed by atoms with Gasteiger partial charge in [-0.05, 0) is 88.6 Å². The number of fused-ring (bicyclic) bond motifs is 11. The number of para-hydroxylation sites is 4. The van der Waals surface area contributed by atoms with E-state index in [0.717, 1.165) is 6.54 Å². The molecule has 52 heavy (non-hydrogen) atoms. The van der Waals surface area contributed by atoms with E-state index in [1.165, 1.54) is 93.0 Å². The van der Waals surface area contributed by atoms with Gasteiger partial charge in [-0.3, -0.25) is 0 Å². The highest BCUT2D eigenvalue weighted by atomic mass is 15.0. The molecule has 3 aromatic heterocycles. The zero-order valence-corrected chi connectivity index (χ0v) is 28.4. The first-order chi connectivity index (χ1) is 25.8. The summed E-state index contributed by atoms with van der Waals surface area (Å²) in [6, 6.07) is 64.1. The van der Waals surface area contributed by atoms with Gasteiger partial charge in [-0.25, -0.2) is 0 Å². The van der Waals surface area contributed by atoms with Gasteiger partial charge in [0.25, 0.3) is 0 Å². The van der Waals surface area contributed by atoms with Crippen molar-refractivity contribution in [2.45, 2.75) is 6.54 Å². The third-order valence-corrected chi connectivity index (χ3v) is 10.9. The van der Waals surface area contributed by atoms with Crippen LogP contribution >= 0.6 is 0 Å². The Hall–Kier alpha value is -6.84. The van der Waals surface area contributed by atoms with Gasteiger partial charge in [0.2, 0.25) is 0 Å². The number of nitrogens with zero attached hydrogens (tertiary/aromatic N) is 3. The molecule has 244 valence electrons. The second kappa shape index (κ2) is 11.3. The van der Waals surface area contributed by atoms with Crippen LogP contribution in [0.2, 0.25) is 0 Å². The quantitative estimate of drug-likeness (QED) is 0.174. The first-order valence-electron chi connectivity index (χ1n) is 18.0. The van der Waals surface area contributed by atoms with Crippen molar-refractivity contribution in [2.24, 2.45) is 0 Å². The molecule has 11 rings (SSSR count). The Morgan fingerprint density at radius 1 is 0.385 bits per heavy atom. The minimum atomic E-state index is 0.760. The van der Waals surface area contributed by atoms with E-state index in [1.54, 1.807) is 0 Å². The molecule has 0 aliphatic heterocycles. The summed E-state index contributed by atoms with van der Waals surface area (Å²) in [5.41, 5.74) is 11.0. The van der Waals surface area contributed by atoms with Crippen LogP contribution < -0.4 is 0 Å². The van der Waals surface area contributed by atoms with E-state index < -0.39 is 0 Å². The molecule has 3 heteroatoms. The van der Waals surface area contributed by atoms with Gasteiger partial charge in [0.05, 0.1) is 22.1 Å². The van der Waals surface area contributed by atoms with Crippen LogP contribution in [0, 0.1) is 0 Å². The van der Waals surface area contributed by atoms with Crippen molar-refractivity contribution < 1.29 is 0 Å². The maximum Gasteiger partial charge on any atom is 0.0541 e. The normalized spacial score (nSPS) is 12.2. The molecule has 0 spiro atoms. The summed E-state index contributed by atoms with van der Waals surface area (Å²) in [4.78, 5) is 0. The standard InChI is InChI=1S/C49H33N3/c1-2-14-36(15-3-1)52-46-22-11-7-18-39(46)42-32-35(25-27-47(42)52)34-24-26-45-41(31-34)38-17-6-9-20-43(38)50(45)29-12-30-51-44-21-10-8-19-40(44)49-37-16-5-4-13-33(37)23-28-48(49)51/h1-28,30-32H,29H2/b30-12+. The van der Waals surface area contributed by atoms with Gasteiger partial charge in [0.1, 0.15) is 0 Å². The molecular weight excluding hydrogens is 631 g/mol. The average Bonchev–Trinajstić information content (AvgIpc) is 3.83. The number of rotatable bonds is 5. The van der Waals surface area contributed by atoms with Crippen LogP contribution in [0.5, 0.6) is 0 Å². The molecule has 0 N–H and O–H groups in total. The Morgan fingerprint density at radius 2 is 0.923 bits per heavy atom. The highest BCUT2D eigenvalue weighted by molar-refractivity contribution is 6.21. The first-order valence-corrected chi connectivity index (χ1v) is 18.0. The van der Waals surface area contributed by atoms with E-state index >= 15 is 0 Å². The molecule has 0 amide bonds. The smallest absolute Gasteiger partial charge is 0.0541 e. The summed E-state index contributed by atoms with van der Waals surface area (Å²) >= 11 is 0. The SMILES string of the molecule is C(=C\n1c2ccccc2c2c3ccccc3ccc21)/Cn1c2ccccc2c2cc(-c3ccc4c(c3)c3ccccc3n4-c3ccccc3)ccc21. The van der Waals surface area contributed by atoms with Gasteiger partial charge in [-0.1, -0.05) is 115 Å². The van der Waals surface area contributed by atoms with Crippen LogP contribution in [0.3, 0.4) is 0 Å². The topological polar surface area (TPSA) is 14.8 Å².